The molecule has 2 heteroatoms. The van der Waals surface area contributed by atoms with Crippen molar-refractivity contribution < 1.29 is 4.74 Å². The minimum atomic E-state index is 0.722. The zero-order valence-electron chi connectivity index (χ0n) is 9.72. The van der Waals surface area contributed by atoms with Gasteiger partial charge in [-0.05, 0) is 44.0 Å². The molecule has 0 aliphatic heterocycles. The van der Waals surface area contributed by atoms with Gasteiger partial charge in [0.15, 0.2) is 0 Å². The third kappa shape index (κ3) is 2.19. The molecule has 0 aliphatic carbocycles. The molecule has 1 aromatic rings. The van der Waals surface area contributed by atoms with Crippen molar-refractivity contribution in [3.05, 3.63) is 23.3 Å². The molecule has 0 unspecified atom stereocenters. The number of ether oxygens (including phenoxy) is 1. The van der Waals surface area contributed by atoms with Crippen LogP contribution in [0, 0.1) is 13.8 Å². The van der Waals surface area contributed by atoms with E-state index in [1.54, 1.807) is 0 Å². The van der Waals surface area contributed by atoms with Crippen LogP contribution in [0.3, 0.4) is 0 Å². The highest BCUT2D eigenvalue weighted by atomic mass is 16.5. The van der Waals surface area contributed by atoms with Crippen LogP contribution in [-0.2, 0) is 0 Å². The Morgan fingerprint density at radius 2 is 1.64 bits per heavy atom. The highest BCUT2D eigenvalue weighted by Crippen LogP contribution is 2.27. The lowest BCUT2D eigenvalue weighted by Crippen LogP contribution is -2.12. The molecular formula is C12H19NO. The first-order chi connectivity index (χ1) is 6.56. The fraction of sp³-hybridized carbons (Fsp3) is 0.500. The van der Waals surface area contributed by atoms with E-state index in [2.05, 4.69) is 45.0 Å². The first kappa shape index (κ1) is 10.9. The molecule has 0 amide bonds. The van der Waals surface area contributed by atoms with Crippen molar-refractivity contribution in [2.75, 3.05) is 25.6 Å². The van der Waals surface area contributed by atoms with Gasteiger partial charge in [0.2, 0.25) is 0 Å². The summed E-state index contributed by atoms with van der Waals surface area (Å²) >= 11 is 0. The Balaban J connectivity index is 3.11. The quantitative estimate of drug-likeness (QED) is 0.732. The summed E-state index contributed by atoms with van der Waals surface area (Å²) in [6.45, 7) is 6.96. The predicted octanol–water partition coefficient (Wildman–Crippen LogP) is 2.77. The Morgan fingerprint density at radius 3 is 2.00 bits per heavy atom. The Hall–Kier alpha value is -1.18. The Morgan fingerprint density at radius 1 is 1.14 bits per heavy atom. The molecule has 1 aromatic carbocycles. The lowest BCUT2D eigenvalue weighted by molar-refractivity contribution is 0.340. The number of nitrogens with zero attached hydrogens (tertiary/aromatic N) is 1. The molecule has 0 aromatic heterocycles. The van der Waals surface area contributed by atoms with Crippen LogP contribution in [0.25, 0.3) is 0 Å². The van der Waals surface area contributed by atoms with Gasteiger partial charge in [0.25, 0.3) is 0 Å². The summed E-state index contributed by atoms with van der Waals surface area (Å²) in [6, 6.07) is 4.18. The van der Waals surface area contributed by atoms with Crippen LogP contribution < -0.4 is 9.64 Å². The maximum absolute atomic E-state index is 5.48. The molecule has 78 valence electrons. The normalized spacial score (nSPS) is 10.1. The topological polar surface area (TPSA) is 12.5 Å². The molecule has 0 radical (unpaired) electrons. The predicted molar refractivity (Wildman–Crippen MR) is 61.4 cm³/mol. The second kappa shape index (κ2) is 4.36. The Bertz CT molecular complexity index is 295. The average molecular weight is 193 g/mol. The molecule has 0 fully saturated rings. The molecule has 0 heterocycles. The van der Waals surface area contributed by atoms with Gasteiger partial charge in [-0.15, -0.1) is 0 Å². The Kier molecular flexibility index (Phi) is 3.39. The summed E-state index contributed by atoms with van der Waals surface area (Å²) in [5.41, 5.74) is 3.81. The van der Waals surface area contributed by atoms with Gasteiger partial charge in [0.05, 0.1) is 6.61 Å². The number of rotatable bonds is 3. The van der Waals surface area contributed by atoms with Crippen LogP contribution in [-0.4, -0.2) is 20.7 Å². The molecule has 1 rings (SSSR count). The molecular weight excluding hydrogens is 174 g/mol. The van der Waals surface area contributed by atoms with E-state index in [-0.39, 0.29) is 0 Å². The standard InChI is InChI=1S/C12H19NO/c1-6-14-11-7-9(2)12(13(4)5)10(3)8-11/h7-8H,6H2,1-5H3. The maximum atomic E-state index is 5.48. The van der Waals surface area contributed by atoms with Crippen molar-refractivity contribution in [3.63, 3.8) is 0 Å². The second-order valence-electron chi connectivity index (χ2n) is 3.73. The number of anilines is 1. The second-order valence-corrected chi connectivity index (χ2v) is 3.73. The van der Waals surface area contributed by atoms with Crippen molar-refractivity contribution in [1.82, 2.24) is 0 Å². The average Bonchev–Trinajstić information content (AvgIpc) is 2.01. The molecule has 0 bridgehead atoms. The summed E-state index contributed by atoms with van der Waals surface area (Å²) in [5, 5.41) is 0. The van der Waals surface area contributed by atoms with Gasteiger partial charge in [-0.2, -0.15) is 0 Å². The number of hydrogen-bond acceptors (Lipinski definition) is 2. The minimum absolute atomic E-state index is 0.722. The smallest absolute Gasteiger partial charge is 0.119 e. The highest BCUT2D eigenvalue weighted by molar-refractivity contribution is 5.60. The van der Waals surface area contributed by atoms with Crippen molar-refractivity contribution in [2.24, 2.45) is 0 Å². The molecule has 14 heavy (non-hydrogen) atoms. The van der Waals surface area contributed by atoms with E-state index >= 15 is 0 Å². The largest absolute Gasteiger partial charge is 0.494 e. The van der Waals surface area contributed by atoms with Crippen LogP contribution >= 0.6 is 0 Å². The maximum Gasteiger partial charge on any atom is 0.119 e. The van der Waals surface area contributed by atoms with Gasteiger partial charge < -0.3 is 9.64 Å². The molecule has 0 saturated carbocycles. The summed E-state index contributed by atoms with van der Waals surface area (Å²) < 4.78 is 5.48. The van der Waals surface area contributed by atoms with Gasteiger partial charge in [-0.3, -0.25) is 0 Å². The minimum Gasteiger partial charge on any atom is -0.494 e. The van der Waals surface area contributed by atoms with Gasteiger partial charge in [-0.1, -0.05) is 0 Å². The van der Waals surface area contributed by atoms with E-state index in [0.29, 0.717) is 0 Å². The Labute approximate surface area is 86.5 Å². The van der Waals surface area contributed by atoms with E-state index < -0.39 is 0 Å². The van der Waals surface area contributed by atoms with Crippen molar-refractivity contribution in [1.29, 1.82) is 0 Å². The van der Waals surface area contributed by atoms with Crippen LogP contribution in [0.4, 0.5) is 5.69 Å². The van der Waals surface area contributed by atoms with Crippen molar-refractivity contribution >= 4 is 5.69 Å². The van der Waals surface area contributed by atoms with Crippen molar-refractivity contribution in [3.8, 4) is 5.75 Å². The third-order valence-electron chi connectivity index (χ3n) is 2.22. The first-order valence-electron chi connectivity index (χ1n) is 4.97. The highest BCUT2D eigenvalue weighted by Gasteiger charge is 2.06. The monoisotopic (exact) mass is 193 g/mol. The molecule has 0 N–H and O–H groups in total. The third-order valence-corrected chi connectivity index (χ3v) is 2.22. The van der Waals surface area contributed by atoms with Crippen LogP contribution in [0.15, 0.2) is 12.1 Å². The fourth-order valence-electron chi connectivity index (χ4n) is 1.87. The molecule has 0 spiro atoms. The first-order valence-corrected chi connectivity index (χ1v) is 4.97. The van der Waals surface area contributed by atoms with Crippen LogP contribution in [0.5, 0.6) is 5.75 Å². The zero-order chi connectivity index (χ0) is 10.7. The van der Waals surface area contributed by atoms with Gasteiger partial charge in [0, 0.05) is 19.8 Å². The SMILES string of the molecule is CCOc1cc(C)c(N(C)C)c(C)c1. The van der Waals surface area contributed by atoms with E-state index in [4.69, 9.17) is 4.74 Å². The number of benzene rings is 1. The lowest BCUT2D eigenvalue weighted by atomic mass is 10.1. The summed E-state index contributed by atoms with van der Waals surface area (Å²) in [7, 11) is 4.13. The molecule has 2 nitrogen and oxygen atoms in total. The number of hydrogen-bond donors (Lipinski definition) is 0. The molecule has 0 saturated heterocycles. The van der Waals surface area contributed by atoms with Gasteiger partial charge >= 0.3 is 0 Å². The zero-order valence-corrected chi connectivity index (χ0v) is 9.72. The van der Waals surface area contributed by atoms with Crippen molar-refractivity contribution in [2.45, 2.75) is 20.8 Å². The van der Waals surface area contributed by atoms with Crippen LogP contribution in [0.2, 0.25) is 0 Å². The summed E-state index contributed by atoms with van der Waals surface area (Å²) in [4.78, 5) is 2.14. The van der Waals surface area contributed by atoms with E-state index in [0.717, 1.165) is 12.4 Å². The van der Waals surface area contributed by atoms with Crippen LogP contribution in [0.1, 0.15) is 18.1 Å². The number of aryl methyl sites for hydroxylation is 2. The molecule has 0 aliphatic rings. The lowest BCUT2D eigenvalue weighted by Gasteiger charge is -2.19. The summed E-state index contributed by atoms with van der Waals surface area (Å²) in [6.07, 6.45) is 0. The van der Waals surface area contributed by atoms with Gasteiger partial charge in [-0.25, -0.2) is 0 Å². The summed E-state index contributed by atoms with van der Waals surface area (Å²) in [5.74, 6) is 0.966. The van der Waals surface area contributed by atoms with E-state index in [1.165, 1.54) is 16.8 Å². The van der Waals surface area contributed by atoms with E-state index in [9.17, 15) is 0 Å². The molecule has 0 atom stereocenters. The fourth-order valence-corrected chi connectivity index (χ4v) is 1.87. The van der Waals surface area contributed by atoms with Gasteiger partial charge in [0.1, 0.15) is 5.75 Å². The van der Waals surface area contributed by atoms with E-state index in [1.807, 2.05) is 6.92 Å².